The molecule has 1 aliphatic heterocycles. The molecule has 1 fully saturated rings. The van der Waals surface area contributed by atoms with Gasteiger partial charge in [-0.1, -0.05) is 20.8 Å². The van der Waals surface area contributed by atoms with E-state index in [1.165, 1.54) is 12.8 Å². The monoisotopic (exact) mass is 209 g/mol. The molecule has 15 heavy (non-hydrogen) atoms. The zero-order valence-electron chi connectivity index (χ0n) is 10.4. The van der Waals surface area contributed by atoms with Gasteiger partial charge in [0.25, 0.3) is 0 Å². The van der Waals surface area contributed by atoms with E-state index in [0.29, 0.717) is 11.5 Å². The first-order chi connectivity index (χ1) is 7.10. The van der Waals surface area contributed by atoms with Gasteiger partial charge in [-0.05, 0) is 24.2 Å². The summed E-state index contributed by atoms with van der Waals surface area (Å²) in [5, 5.41) is 3.60. The van der Waals surface area contributed by atoms with Crippen molar-refractivity contribution in [1.82, 2.24) is 10.2 Å². The van der Waals surface area contributed by atoms with Crippen molar-refractivity contribution in [1.29, 1.82) is 0 Å². The van der Waals surface area contributed by atoms with Crippen molar-refractivity contribution >= 4 is 5.96 Å². The molecule has 1 N–H and O–H groups in total. The van der Waals surface area contributed by atoms with Crippen molar-refractivity contribution in [2.24, 2.45) is 16.3 Å². The van der Waals surface area contributed by atoms with E-state index in [1.54, 1.807) is 0 Å². The van der Waals surface area contributed by atoms with Crippen LogP contribution in [-0.2, 0) is 0 Å². The number of nitrogens with one attached hydrogen (secondary N) is 1. The Kier molecular flexibility index (Phi) is 2.65. The number of likely N-dealkylation sites (N-methyl/N-ethyl adjacent to an activating group) is 1. The number of nitrogens with zero attached hydrogens (tertiary/aromatic N) is 2. The van der Waals surface area contributed by atoms with Crippen LogP contribution in [0.4, 0.5) is 0 Å². The zero-order chi connectivity index (χ0) is 11.1. The van der Waals surface area contributed by atoms with Crippen LogP contribution < -0.4 is 5.32 Å². The van der Waals surface area contributed by atoms with E-state index in [-0.39, 0.29) is 0 Å². The molecule has 3 heteroatoms. The van der Waals surface area contributed by atoms with E-state index >= 15 is 0 Å². The molecule has 1 heterocycles. The molecule has 1 saturated carbocycles. The number of hydrogen-bond donors (Lipinski definition) is 1. The second-order valence-electron chi connectivity index (χ2n) is 5.27. The highest BCUT2D eigenvalue weighted by Gasteiger charge is 2.55. The Balaban J connectivity index is 1.93. The number of rotatable bonds is 3. The molecule has 0 saturated heterocycles. The van der Waals surface area contributed by atoms with Gasteiger partial charge in [0.05, 0.1) is 6.54 Å². The number of aliphatic imine (C=N–C) groups is 1. The van der Waals surface area contributed by atoms with Crippen LogP contribution in [0.15, 0.2) is 4.99 Å². The highest BCUT2D eigenvalue weighted by molar-refractivity contribution is 5.81. The molecule has 2 unspecified atom stereocenters. The Hall–Kier alpha value is -0.730. The summed E-state index contributed by atoms with van der Waals surface area (Å²) >= 11 is 0. The molecule has 0 amide bonds. The van der Waals surface area contributed by atoms with E-state index in [4.69, 9.17) is 0 Å². The van der Waals surface area contributed by atoms with Gasteiger partial charge in [0.2, 0.25) is 0 Å². The Bertz CT molecular complexity index is 272. The van der Waals surface area contributed by atoms with Crippen LogP contribution in [0.3, 0.4) is 0 Å². The minimum Gasteiger partial charge on any atom is -0.353 e. The lowest BCUT2D eigenvalue weighted by molar-refractivity contribution is 0.326. The van der Waals surface area contributed by atoms with E-state index in [1.807, 2.05) is 0 Å². The fourth-order valence-corrected chi connectivity index (χ4v) is 2.80. The maximum absolute atomic E-state index is 4.49. The normalized spacial score (nSPS) is 34.6. The summed E-state index contributed by atoms with van der Waals surface area (Å²) in [6.45, 7) is 9.00. The molecule has 0 spiro atoms. The van der Waals surface area contributed by atoms with Gasteiger partial charge in [0, 0.05) is 19.6 Å². The fraction of sp³-hybridized carbons (Fsp3) is 0.917. The summed E-state index contributed by atoms with van der Waals surface area (Å²) in [5.41, 5.74) is 0.534. The smallest absolute Gasteiger partial charge is 0.194 e. The second-order valence-corrected chi connectivity index (χ2v) is 5.27. The van der Waals surface area contributed by atoms with E-state index in [0.717, 1.165) is 25.0 Å². The summed E-state index contributed by atoms with van der Waals surface area (Å²) < 4.78 is 0. The molecule has 2 aliphatic rings. The second kappa shape index (κ2) is 3.69. The number of guanidine groups is 1. The zero-order valence-corrected chi connectivity index (χ0v) is 10.4. The van der Waals surface area contributed by atoms with Gasteiger partial charge in [-0.3, -0.25) is 4.99 Å². The topological polar surface area (TPSA) is 27.6 Å². The maximum atomic E-state index is 4.49. The van der Waals surface area contributed by atoms with Crippen molar-refractivity contribution in [3.8, 4) is 0 Å². The first kappa shape index (κ1) is 10.8. The quantitative estimate of drug-likeness (QED) is 0.766. The molecular formula is C12H23N3. The molecule has 86 valence electrons. The lowest BCUT2D eigenvalue weighted by Gasteiger charge is -2.22. The third-order valence-corrected chi connectivity index (χ3v) is 4.29. The van der Waals surface area contributed by atoms with E-state index in [9.17, 15) is 0 Å². The first-order valence-corrected chi connectivity index (χ1v) is 6.12. The fourth-order valence-electron chi connectivity index (χ4n) is 2.80. The minimum atomic E-state index is 0.534. The molecule has 2 rings (SSSR count). The average Bonchev–Trinajstić information content (AvgIpc) is 2.78. The Morgan fingerprint density at radius 2 is 2.33 bits per heavy atom. The third-order valence-electron chi connectivity index (χ3n) is 4.29. The van der Waals surface area contributed by atoms with Crippen LogP contribution in [-0.4, -0.2) is 37.0 Å². The van der Waals surface area contributed by atoms with Gasteiger partial charge in [0.15, 0.2) is 5.96 Å². The van der Waals surface area contributed by atoms with E-state index < -0.39 is 0 Å². The SMILES string of the molecule is CCC1(C(C)C)CC1NC1=NCCN1C. The summed E-state index contributed by atoms with van der Waals surface area (Å²) in [6.07, 6.45) is 2.59. The van der Waals surface area contributed by atoms with Gasteiger partial charge in [0.1, 0.15) is 0 Å². The number of hydrogen-bond acceptors (Lipinski definition) is 3. The lowest BCUT2D eigenvalue weighted by Crippen LogP contribution is -2.39. The van der Waals surface area contributed by atoms with Gasteiger partial charge >= 0.3 is 0 Å². The lowest BCUT2D eigenvalue weighted by atomic mass is 9.89. The van der Waals surface area contributed by atoms with Crippen LogP contribution in [0.25, 0.3) is 0 Å². The van der Waals surface area contributed by atoms with Crippen LogP contribution in [0.1, 0.15) is 33.6 Å². The predicted molar refractivity (Wildman–Crippen MR) is 64.0 cm³/mol. The standard InChI is InChI=1S/C12H23N3/c1-5-12(9(2)3)8-10(12)14-11-13-6-7-15(11)4/h9-10H,5-8H2,1-4H3,(H,13,14). The van der Waals surface area contributed by atoms with Crippen molar-refractivity contribution in [2.45, 2.75) is 39.7 Å². The summed E-state index contributed by atoms with van der Waals surface area (Å²) in [4.78, 5) is 6.71. The van der Waals surface area contributed by atoms with Crippen LogP contribution in [0.2, 0.25) is 0 Å². The summed E-state index contributed by atoms with van der Waals surface area (Å²) in [7, 11) is 2.12. The van der Waals surface area contributed by atoms with Crippen LogP contribution >= 0.6 is 0 Å². The molecule has 1 aliphatic carbocycles. The molecule has 2 atom stereocenters. The molecule has 0 bridgehead atoms. The van der Waals surface area contributed by atoms with Gasteiger partial charge < -0.3 is 10.2 Å². The van der Waals surface area contributed by atoms with Crippen molar-refractivity contribution in [3.63, 3.8) is 0 Å². The van der Waals surface area contributed by atoms with Crippen LogP contribution in [0.5, 0.6) is 0 Å². The van der Waals surface area contributed by atoms with Gasteiger partial charge in [-0.25, -0.2) is 0 Å². The Morgan fingerprint density at radius 3 is 2.73 bits per heavy atom. The van der Waals surface area contributed by atoms with Crippen molar-refractivity contribution in [3.05, 3.63) is 0 Å². The van der Waals surface area contributed by atoms with Gasteiger partial charge in [-0.15, -0.1) is 0 Å². The highest BCUT2D eigenvalue weighted by atomic mass is 15.3. The molecule has 0 radical (unpaired) electrons. The van der Waals surface area contributed by atoms with Crippen molar-refractivity contribution < 1.29 is 0 Å². The minimum absolute atomic E-state index is 0.534. The van der Waals surface area contributed by atoms with Gasteiger partial charge in [-0.2, -0.15) is 0 Å². The average molecular weight is 209 g/mol. The van der Waals surface area contributed by atoms with Crippen LogP contribution in [0, 0.1) is 11.3 Å². The maximum Gasteiger partial charge on any atom is 0.194 e. The Morgan fingerprint density at radius 1 is 1.60 bits per heavy atom. The largest absolute Gasteiger partial charge is 0.353 e. The predicted octanol–water partition coefficient (Wildman–Crippen LogP) is 1.70. The molecule has 0 aromatic heterocycles. The molecule has 0 aromatic rings. The summed E-state index contributed by atoms with van der Waals surface area (Å²) in [5.74, 6) is 1.88. The third kappa shape index (κ3) is 1.72. The Labute approximate surface area is 92.9 Å². The molecular weight excluding hydrogens is 186 g/mol. The highest BCUT2D eigenvalue weighted by Crippen LogP contribution is 2.54. The first-order valence-electron chi connectivity index (χ1n) is 6.12. The van der Waals surface area contributed by atoms with E-state index in [2.05, 4.69) is 43.0 Å². The molecule has 0 aromatic carbocycles. The molecule has 3 nitrogen and oxygen atoms in total. The summed E-state index contributed by atoms with van der Waals surface area (Å²) in [6, 6.07) is 0.654. The van der Waals surface area contributed by atoms with Crippen molar-refractivity contribution in [2.75, 3.05) is 20.1 Å².